The number of para-hydroxylation sites is 2. The normalized spacial score (nSPS) is 19.6. The fourth-order valence-corrected chi connectivity index (χ4v) is 20.9. The van der Waals surface area contributed by atoms with Crippen LogP contribution in [0.5, 0.6) is 0 Å². The number of carbonyl (C=O) groups excluding carboxylic acids is 3. The van der Waals surface area contributed by atoms with Gasteiger partial charge < -0.3 is 29.4 Å². The quantitative estimate of drug-likeness (QED) is 0.0684. The Bertz CT molecular complexity index is 6540. The van der Waals surface area contributed by atoms with Gasteiger partial charge in [-0.2, -0.15) is 15.0 Å². The summed E-state index contributed by atoms with van der Waals surface area (Å²) in [5.41, 5.74) is 7.88. The molecule has 0 radical (unpaired) electrons. The summed E-state index contributed by atoms with van der Waals surface area (Å²) < 4.78 is 49.6. The van der Waals surface area contributed by atoms with Crippen molar-refractivity contribution in [2.75, 3.05) is 80.1 Å². The molecule has 30 heteroatoms. The number of likely N-dealkylation sites (tertiary alicyclic amines) is 2. The predicted molar refractivity (Wildman–Crippen MR) is 526 cm³/mol. The van der Waals surface area contributed by atoms with Gasteiger partial charge in [0, 0.05) is 125 Å². The second-order valence-electron chi connectivity index (χ2n) is 37.8. The van der Waals surface area contributed by atoms with Gasteiger partial charge in [0.2, 0.25) is 17.7 Å². The first-order valence-electron chi connectivity index (χ1n) is 46.3. The molecule has 5 saturated heterocycles. The first-order chi connectivity index (χ1) is 63.5. The molecule has 6 unspecified atom stereocenters. The zero-order valence-electron chi connectivity index (χ0n) is 78.3. The molecule has 5 aliphatic heterocycles. The molecule has 4 aromatic carbocycles. The molecule has 0 spiro atoms. The van der Waals surface area contributed by atoms with E-state index < -0.39 is 34.4 Å². The Hall–Kier alpha value is -11.5. The highest BCUT2D eigenvalue weighted by Crippen LogP contribution is 2.44. The fraction of sp³-hybridized carbons (Fsp3) is 0.427. The molecule has 6 fully saturated rings. The minimum absolute atomic E-state index is 0.0177. The number of rotatable bonds is 19. The number of alkyl halides is 1. The van der Waals surface area contributed by atoms with E-state index in [-0.39, 0.29) is 129 Å². The lowest BCUT2D eigenvalue weighted by Crippen LogP contribution is -2.58. The van der Waals surface area contributed by atoms with Crippen LogP contribution in [0, 0.1) is 18.6 Å². The van der Waals surface area contributed by atoms with E-state index in [0.717, 1.165) is 108 Å². The van der Waals surface area contributed by atoms with Gasteiger partial charge in [0.25, 0.3) is 0 Å². The lowest BCUT2D eigenvalue weighted by molar-refractivity contribution is -0.129. The summed E-state index contributed by atoms with van der Waals surface area (Å²) in [7, 11) is 0. The van der Waals surface area contributed by atoms with Crippen LogP contribution in [0.15, 0.2) is 168 Å². The number of hydrogen-bond acceptors (Lipinski definition) is 18. The number of hydrogen-bond donors (Lipinski definition) is 0. The molecule has 133 heavy (non-hydrogen) atoms. The Labute approximate surface area is 789 Å². The number of piperazine rings is 3. The number of fused-ring (bicyclic) bond motifs is 3. The van der Waals surface area contributed by atoms with Crippen molar-refractivity contribution in [3.05, 3.63) is 251 Å². The van der Waals surface area contributed by atoms with Crippen LogP contribution in [0.25, 0.3) is 72.7 Å². The second kappa shape index (κ2) is 40.0. The smallest absolute Gasteiger partial charge is 0.349 e. The first-order valence-corrected chi connectivity index (χ1v) is 47.5. The number of benzene rings is 4. The van der Waals surface area contributed by atoms with Crippen molar-refractivity contribution in [3.8, 4) is 39.6 Å². The molecular formula is C103H118Cl3F3N18O6. The van der Waals surface area contributed by atoms with Crippen LogP contribution in [0.3, 0.4) is 0 Å². The van der Waals surface area contributed by atoms with E-state index in [2.05, 4.69) is 78.2 Å². The predicted octanol–water partition coefficient (Wildman–Crippen LogP) is 19.0. The van der Waals surface area contributed by atoms with Gasteiger partial charge in [0.05, 0.1) is 71.1 Å². The molecule has 11 aromatic rings. The van der Waals surface area contributed by atoms with Crippen LogP contribution in [0.4, 0.5) is 30.6 Å². The third kappa shape index (κ3) is 19.4. The number of carbonyl (C=O) groups is 3. The standard InChI is InChI=1S/C36H39ClF2N6O2.C36H40ClFN6O2.C31H39ClN6O2/c1-7-30(46)43-16-23(5)44(17-22(43)4)33-27-15-28(37)31(26-12-8-9-14-29(26)38)40-34(27)45(35(47)41-33)32-24(11-10-13-25(32)21(2)3)18-42-19-36(6,39)20-42;1-6-31(45)42-19-24(5)43(20-23(42)4)34-28-18-29(37)32(27-13-7-8-15-30(27)38)39-35(28)44(36(46)40-34)33-25(21-41-16-9-10-17-41)12-11-14-26(33)22(2)3;1-7-25(39)36-16-21(6)37(17-20(36)5)29-23-15-24(32)27(22-11-9-8-10-12-22)34-30(23)38(31(40)35-29)28-19(4)13-14-33-26(28)18(2)3/h7-15,21-23H,1,16-20H2,2-6H3;6-8,11-15,18,22-24H,1,9-10,16-17,19-21H2,2-5H3;7,13-15,18,20-22H,1,8-12,16-17H2,2-6H3. The van der Waals surface area contributed by atoms with Crippen molar-refractivity contribution in [3.63, 3.8) is 0 Å². The molecule has 3 amide bonds. The zero-order valence-corrected chi connectivity index (χ0v) is 80.6. The van der Waals surface area contributed by atoms with E-state index in [1.54, 1.807) is 80.6 Å². The zero-order chi connectivity index (χ0) is 95.2. The molecule has 1 saturated carbocycles. The number of anilines is 3. The number of nitrogens with zero attached hydrogens (tertiary/aromatic N) is 18. The van der Waals surface area contributed by atoms with Crippen LogP contribution in [-0.4, -0.2) is 198 Å². The Morgan fingerprint density at radius 3 is 1.23 bits per heavy atom. The molecule has 12 heterocycles. The Morgan fingerprint density at radius 2 is 0.850 bits per heavy atom. The summed E-state index contributed by atoms with van der Waals surface area (Å²) >= 11 is 20.7. The monoisotopic (exact) mass is 1860 g/mol. The van der Waals surface area contributed by atoms with E-state index in [1.807, 2.05) is 124 Å². The van der Waals surface area contributed by atoms with Gasteiger partial charge in [-0.15, -0.1) is 0 Å². The molecule has 17 rings (SSSR count). The van der Waals surface area contributed by atoms with Crippen LogP contribution in [-0.2, 0) is 27.5 Å². The van der Waals surface area contributed by atoms with Gasteiger partial charge in [0.15, 0.2) is 16.9 Å². The average Bonchev–Trinajstić information content (AvgIpc) is 0.942. The summed E-state index contributed by atoms with van der Waals surface area (Å²) in [4.78, 5) is 130. The number of aromatic nitrogens is 10. The molecule has 698 valence electrons. The Morgan fingerprint density at radius 1 is 0.466 bits per heavy atom. The highest BCUT2D eigenvalue weighted by Gasteiger charge is 2.42. The molecule has 7 aromatic heterocycles. The van der Waals surface area contributed by atoms with Crippen molar-refractivity contribution in [1.29, 1.82) is 0 Å². The molecule has 24 nitrogen and oxygen atoms in total. The van der Waals surface area contributed by atoms with Crippen LogP contribution in [0.2, 0.25) is 15.1 Å². The van der Waals surface area contributed by atoms with Crippen molar-refractivity contribution in [2.45, 2.75) is 221 Å². The van der Waals surface area contributed by atoms with E-state index in [1.165, 1.54) is 41.3 Å². The van der Waals surface area contributed by atoms with E-state index in [0.29, 0.717) is 103 Å². The number of amides is 3. The number of pyridine rings is 4. The fourth-order valence-electron chi connectivity index (χ4n) is 20.1. The highest BCUT2D eigenvalue weighted by molar-refractivity contribution is 6.34. The third-order valence-electron chi connectivity index (χ3n) is 26.8. The topological polar surface area (TPSA) is 233 Å². The number of aryl methyl sites for hydroxylation is 1. The maximum atomic E-state index is 15.2. The molecule has 0 bridgehead atoms. The van der Waals surface area contributed by atoms with Crippen molar-refractivity contribution in [1.82, 2.24) is 73.1 Å². The summed E-state index contributed by atoms with van der Waals surface area (Å²) in [5.74, 6) is 0.518. The minimum atomic E-state index is -1.26. The van der Waals surface area contributed by atoms with Gasteiger partial charge in [-0.3, -0.25) is 29.2 Å². The lowest BCUT2D eigenvalue weighted by atomic mass is 9.86. The van der Waals surface area contributed by atoms with Crippen LogP contribution in [0.1, 0.15) is 198 Å². The summed E-state index contributed by atoms with van der Waals surface area (Å²) in [5, 5.41) is 2.89. The minimum Gasteiger partial charge on any atom is -0.349 e. The van der Waals surface area contributed by atoms with Crippen molar-refractivity contribution >= 4 is 103 Å². The van der Waals surface area contributed by atoms with Gasteiger partial charge in [-0.05, 0) is 206 Å². The molecule has 6 aliphatic rings. The molecular weight excluding hydrogens is 1750 g/mol. The maximum absolute atomic E-state index is 15.2. The van der Waals surface area contributed by atoms with Gasteiger partial charge in [-0.25, -0.2) is 56.2 Å². The maximum Gasteiger partial charge on any atom is 0.355 e. The summed E-state index contributed by atoms with van der Waals surface area (Å²) in [6.07, 6.45) is 13.7. The first kappa shape index (κ1) is 96.1. The summed E-state index contributed by atoms with van der Waals surface area (Å²) in [6, 6.07) is 31.1. The third-order valence-corrected chi connectivity index (χ3v) is 27.7. The van der Waals surface area contributed by atoms with E-state index in [4.69, 9.17) is 54.7 Å². The lowest BCUT2D eigenvalue weighted by Gasteiger charge is -2.44. The van der Waals surface area contributed by atoms with Gasteiger partial charge >= 0.3 is 17.1 Å². The number of halogens is 6. The van der Waals surface area contributed by atoms with Crippen molar-refractivity contribution < 1.29 is 27.6 Å². The van der Waals surface area contributed by atoms with Gasteiger partial charge in [0.1, 0.15) is 34.8 Å². The molecule has 6 atom stereocenters. The van der Waals surface area contributed by atoms with E-state index >= 15 is 8.78 Å². The van der Waals surface area contributed by atoms with Crippen LogP contribution < -0.4 is 31.8 Å². The van der Waals surface area contributed by atoms with Crippen LogP contribution >= 0.6 is 34.8 Å². The Kier molecular flexibility index (Phi) is 28.9. The van der Waals surface area contributed by atoms with E-state index in [9.17, 15) is 33.2 Å². The SMILES string of the molecule is C=CC(=O)N1CC(C)N(c2nc(=O)n(-c3c(C)ccnc3C(C)C)c3nc(C4CCCCC4)c(Cl)cc23)CC1C.C=CC(=O)N1CC(C)N(c2nc(=O)n(-c3c(CN4CC(C)(F)C4)cccc3C(C)C)c3nc(-c4ccccc4F)c(Cl)cc23)CC1C.C=CC(=O)N1CC(C)N(c2nc(=O)n(-c3c(CN4CCCC4)cccc3C(C)C)c3nc(-c4ccccc4F)c(Cl)cc23)CC1C. The average molecular weight is 1870 g/mol. The highest BCUT2D eigenvalue weighted by atomic mass is 35.5. The second-order valence-corrected chi connectivity index (χ2v) is 39.0. The summed E-state index contributed by atoms with van der Waals surface area (Å²) in [6.45, 7) is 45.3. The van der Waals surface area contributed by atoms with Gasteiger partial charge in [-0.1, -0.05) is 176 Å². The molecule has 1 aliphatic carbocycles. The molecule has 0 N–H and O–H groups in total. The van der Waals surface area contributed by atoms with Crippen molar-refractivity contribution in [2.24, 2.45) is 0 Å². The Balaban J connectivity index is 0.000000153. The largest absolute Gasteiger partial charge is 0.355 e.